The molecule has 0 spiro atoms. The largest absolute Gasteiger partial charge is 0.336 e. The maximum absolute atomic E-state index is 12.6. The molecule has 0 bridgehead atoms. The van der Waals surface area contributed by atoms with E-state index in [4.69, 9.17) is 0 Å². The van der Waals surface area contributed by atoms with Crippen LogP contribution in [-0.4, -0.2) is 42.7 Å². The van der Waals surface area contributed by atoms with Gasteiger partial charge in [0.15, 0.2) is 0 Å². The molecule has 1 amide bonds. The monoisotopic (exact) mass is 378 g/mol. The summed E-state index contributed by atoms with van der Waals surface area (Å²) in [5, 5.41) is 3.35. The van der Waals surface area contributed by atoms with E-state index in [1.54, 1.807) is 11.8 Å². The highest BCUT2D eigenvalue weighted by Gasteiger charge is 2.24. The first-order valence-corrected chi connectivity index (χ1v) is 11.1. The Kier molecular flexibility index (Phi) is 15.2. The number of carbonyl (C=O) groups is 1. The van der Waals surface area contributed by atoms with Crippen molar-refractivity contribution in [3.63, 3.8) is 0 Å². The second-order valence-corrected chi connectivity index (χ2v) is 6.93. The molecule has 26 heavy (non-hydrogen) atoms. The minimum absolute atomic E-state index is 0.207. The molecule has 0 unspecified atom stereocenters. The molecule has 1 aromatic carbocycles. The summed E-state index contributed by atoms with van der Waals surface area (Å²) in [5.74, 6) is 0.207. The van der Waals surface area contributed by atoms with Crippen molar-refractivity contribution in [2.75, 3.05) is 25.9 Å². The highest BCUT2D eigenvalue weighted by Crippen LogP contribution is 2.17. The van der Waals surface area contributed by atoms with Crippen molar-refractivity contribution in [2.45, 2.75) is 64.3 Å². The summed E-state index contributed by atoms with van der Waals surface area (Å²) in [7, 11) is 0. The van der Waals surface area contributed by atoms with Crippen LogP contribution in [0.2, 0.25) is 0 Å². The molecule has 1 N–H and O–H groups in total. The smallest absolute Gasteiger partial charge is 0.227 e. The summed E-state index contributed by atoms with van der Waals surface area (Å²) >= 11 is 1.72. The van der Waals surface area contributed by atoms with E-state index in [-0.39, 0.29) is 5.91 Å². The van der Waals surface area contributed by atoms with Gasteiger partial charge in [-0.25, -0.2) is 0 Å². The highest BCUT2D eigenvalue weighted by atomic mass is 32.2. The standard InChI is InChI=1S/C17H24N2OS.C3H8.C2H6/c1-3-12-19(15-8-10-18-11-9-15)17(20)13-14-4-6-16(21-2)7-5-14;1-3-2;1-2/h3-7,15,18H,1,8-13H2,2H3;3H2,1-2H3;1-2H3. The van der Waals surface area contributed by atoms with Crippen molar-refractivity contribution in [3.05, 3.63) is 42.5 Å². The van der Waals surface area contributed by atoms with E-state index in [1.165, 1.54) is 11.3 Å². The number of amides is 1. The predicted octanol–water partition coefficient (Wildman–Crippen LogP) is 5.16. The van der Waals surface area contributed by atoms with E-state index in [0.717, 1.165) is 31.5 Å². The molecule has 0 saturated carbocycles. The number of rotatable bonds is 6. The van der Waals surface area contributed by atoms with Crippen LogP contribution in [0.15, 0.2) is 41.8 Å². The Bertz CT molecular complexity index is 481. The molecule has 148 valence electrons. The molecule has 0 atom stereocenters. The van der Waals surface area contributed by atoms with Crippen LogP contribution in [0.1, 0.15) is 52.5 Å². The summed E-state index contributed by atoms with van der Waals surface area (Å²) in [6.45, 7) is 14.7. The van der Waals surface area contributed by atoms with Gasteiger partial charge in [-0.15, -0.1) is 18.3 Å². The lowest BCUT2D eigenvalue weighted by atomic mass is 10.0. The molecule has 1 aliphatic heterocycles. The third-order valence-corrected chi connectivity index (χ3v) is 4.65. The SMILES string of the molecule is C=CCN(C(=O)Cc1ccc(SC)cc1)C1CCNCC1.CC.CCC. The van der Waals surface area contributed by atoms with Crippen molar-refractivity contribution in [2.24, 2.45) is 0 Å². The van der Waals surface area contributed by atoms with Gasteiger partial charge in [0.05, 0.1) is 6.42 Å². The number of hydrogen-bond donors (Lipinski definition) is 1. The molecule has 1 saturated heterocycles. The molecule has 0 aromatic heterocycles. The van der Waals surface area contributed by atoms with Gasteiger partial charge in [0.2, 0.25) is 5.91 Å². The van der Waals surface area contributed by atoms with Gasteiger partial charge in [0.25, 0.3) is 0 Å². The Morgan fingerprint density at radius 1 is 1.23 bits per heavy atom. The minimum Gasteiger partial charge on any atom is -0.336 e. The third-order valence-electron chi connectivity index (χ3n) is 3.91. The van der Waals surface area contributed by atoms with Gasteiger partial charge in [-0.2, -0.15) is 0 Å². The normalized spacial score (nSPS) is 13.6. The number of nitrogens with one attached hydrogen (secondary N) is 1. The summed E-state index contributed by atoms with van der Waals surface area (Å²) in [6, 6.07) is 8.61. The average molecular weight is 379 g/mol. The van der Waals surface area contributed by atoms with E-state index in [2.05, 4.69) is 56.3 Å². The minimum atomic E-state index is 0.207. The number of thioether (sulfide) groups is 1. The number of piperidine rings is 1. The predicted molar refractivity (Wildman–Crippen MR) is 117 cm³/mol. The Hall–Kier alpha value is -1.26. The van der Waals surface area contributed by atoms with Crippen LogP contribution in [-0.2, 0) is 11.2 Å². The maximum atomic E-state index is 12.6. The number of benzene rings is 1. The van der Waals surface area contributed by atoms with Gasteiger partial charge in [-0.3, -0.25) is 4.79 Å². The lowest BCUT2D eigenvalue weighted by Gasteiger charge is -2.34. The van der Waals surface area contributed by atoms with Crippen LogP contribution < -0.4 is 5.32 Å². The van der Waals surface area contributed by atoms with Crippen molar-refractivity contribution >= 4 is 17.7 Å². The molecule has 1 heterocycles. The maximum Gasteiger partial charge on any atom is 0.227 e. The Morgan fingerprint density at radius 3 is 2.23 bits per heavy atom. The number of nitrogens with zero attached hydrogens (tertiary/aromatic N) is 1. The van der Waals surface area contributed by atoms with Gasteiger partial charge < -0.3 is 10.2 Å². The van der Waals surface area contributed by atoms with Crippen LogP contribution in [0.5, 0.6) is 0 Å². The molecule has 3 nitrogen and oxygen atoms in total. The Balaban J connectivity index is 0.00000113. The Morgan fingerprint density at radius 2 is 1.77 bits per heavy atom. The van der Waals surface area contributed by atoms with Crippen LogP contribution in [0.4, 0.5) is 0 Å². The van der Waals surface area contributed by atoms with Crippen molar-refractivity contribution in [1.82, 2.24) is 10.2 Å². The van der Waals surface area contributed by atoms with E-state index in [9.17, 15) is 4.79 Å². The summed E-state index contributed by atoms with van der Waals surface area (Å²) < 4.78 is 0. The zero-order valence-electron chi connectivity index (χ0n) is 17.4. The fraction of sp³-hybridized carbons (Fsp3) is 0.591. The fourth-order valence-electron chi connectivity index (χ4n) is 2.73. The van der Waals surface area contributed by atoms with E-state index >= 15 is 0 Å². The van der Waals surface area contributed by atoms with Gasteiger partial charge >= 0.3 is 0 Å². The Labute approximate surface area is 165 Å². The van der Waals surface area contributed by atoms with E-state index in [1.807, 2.05) is 24.8 Å². The van der Waals surface area contributed by atoms with Crippen molar-refractivity contribution in [3.8, 4) is 0 Å². The van der Waals surface area contributed by atoms with Gasteiger partial charge in [0.1, 0.15) is 0 Å². The first-order valence-electron chi connectivity index (χ1n) is 9.90. The quantitative estimate of drug-likeness (QED) is 0.548. The van der Waals surface area contributed by atoms with Crippen LogP contribution in [0.25, 0.3) is 0 Å². The van der Waals surface area contributed by atoms with Gasteiger partial charge in [-0.05, 0) is 49.9 Å². The molecule has 0 radical (unpaired) electrons. The zero-order valence-corrected chi connectivity index (χ0v) is 18.2. The van der Waals surface area contributed by atoms with Gasteiger partial charge in [-0.1, -0.05) is 52.3 Å². The fourth-order valence-corrected chi connectivity index (χ4v) is 3.14. The third kappa shape index (κ3) is 9.44. The second kappa shape index (κ2) is 16.0. The van der Waals surface area contributed by atoms with Crippen molar-refractivity contribution in [1.29, 1.82) is 0 Å². The first-order chi connectivity index (χ1) is 12.7. The van der Waals surface area contributed by atoms with Crippen LogP contribution in [0, 0.1) is 0 Å². The second-order valence-electron chi connectivity index (χ2n) is 6.05. The first kappa shape index (κ1) is 24.7. The molecule has 1 aliphatic rings. The molecule has 0 aliphatic carbocycles. The number of hydrogen-bond acceptors (Lipinski definition) is 3. The van der Waals surface area contributed by atoms with Crippen LogP contribution in [0.3, 0.4) is 0 Å². The zero-order chi connectivity index (χ0) is 19.8. The van der Waals surface area contributed by atoms with Crippen molar-refractivity contribution < 1.29 is 4.79 Å². The molecule has 1 fully saturated rings. The summed E-state index contributed by atoms with van der Waals surface area (Å²) in [6.07, 6.45) is 7.68. The lowest BCUT2D eigenvalue weighted by Crippen LogP contribution is -2.46. The lowest BCUT2D eigenvalue weighted by molar-refractivity contribution is -0.132. The molecule has 2 rings (SSSR count). The molecule has 1 aromatic rings. The average Bonchev–Trinajstić information content (AvgIpc) is 2.69. The van der Waals surface area contributed by atoms with E-state index in [0.29, 0.717) is 19.0 Å². The molecular formula is C22H38N2OS. The number of carbonyl (C=O) groups excluding carboxylic acids is 1. The van der Waals surface area contributed by atoms with Gasteiger partial charge in [0, 0.05) is 17.5 Å². The molecular weight excluding hydrogens is 340 g/mol. The summed E-state index contributed by atoms with van der Waals surface area (Å²) in [4.78, 5) is 15.8. The topological polar surface area (TPSA) is 32.3 Å². The highest BCUT2D eigenvalue weighted by molar-refractivity contribution is 7.98. The van der Waals surface area contributed by atoms with Crippen LogP contribution >= 0.6 is 11.8 Å². The summed E-state index contributed by atoms with van der Waals surface area (Å²) in [5.41, 5.74) is 1.08. The molecule has 4 heteroatoms. The van der Waals surface area contributed by atoms with E-state index < -0.39 is 0 Å².